The van der Waals surface area contributed by atoms with E-state index in [1.54, 1.807) is 0 Å². The van der Waals surface area contributed by atoms with Crippen molar-refractivity contribution >= 4 is 30.5 Å². The quantitative estimate of drug-likeness (QED) is 0.833. The van der Waals surface area contributed by atoms with Crippen LogP contribution in [0.5, 0.6) is 0 Å². The van der Waals surface area contributed by atoms with Crippen molar-refractivity contribution in [1.29, 1.82) is 0 Å². The molecule has 2 saturated heterocycles. The molecule has 1 N–H and O–H groups in total. The normalized spacial score (nSPS) is 26.9. The molecule has 0 radical (unpaired) electrons. The van der Waals surface area contributed by atoms with Gasteiger partial charge in [-0.15, -0.1) is 24.8 Å². The highest BCUT2D eigenvalue weighted by molar-refractivity contribution is 5.85. The van der Waals surface area contributed by atoms with E-state index in [1.165, 1.54) is 31.9 Å². The van der Waals surface area contributed by atoms with Gasteiger partial charge in [0.05, 0.1) is 11.9 Å². The Hall–Kier alpha value is -0.510. The molecular weight excluding hydrogens is 245 g/mol. The maximum absolute atomic E-state index is 4.17. The van der Waals surface area contributed by atoms with E-state index in [9.17, 15) is 0 Å². The van der Waals surface area contributed by atoms with Crippen molar-refractivity contribution in [3.63, 3.8) is 0 Å². The van der Waals surface area contributed by atoms with Crippen LogP contribution in [-0.4, -0.2) is 31.2 Å². The highest BCUT2D eigenvalue weighted by atomic mass is 35.5. The van der Waals surface area contributed by atoms with Crippen LogP contribution in [0.15, 0.2) is 24.5 Å². The summed E-state index contributed by atoms with van der Waals surface area (Å²) in [5, 5.41) is 3.45. The average molecular weight is 262 g/mol. The zero-order valence-electron chi connectivity index (χ0n) is 9.00. The van der Waals surface area contributed by atoms with Crippen molar-refractivity contribution in [2.75, 3.05) is 31.1 Å². The Labute approximate surface area is 108 Å². The first-order valence-corrected chi connectivity index (χ1v) is 5.29. The smallest absolute Gasteiger partial charge is 0.0552 e. The Morgan fingerprint density at radius 1 is 1.19 bits per heavy atom. The highest BCUT2D eigenvalue weighted by Gasteiger charge is 2.35. The third-order valence-corrected chi connectivity index (χ3v) is 3.40. The second-order valence-electron chi connectivity index (χ2n) is 4.29. The number of pyridine rings is 1. The summed E-state index contributed by atoms with van der Waals surface area (Å²) in [6.07, 6.45) is 3.80. The summed E-state index contributed by atoms with van der Waals surface area (Å²) >= 11 is 0. The Morgan fingerprint density at radius 3 is 2.44 bits per heavy atom. The number of nitrogens with zero attached hydrogens (tertiary/aromatic N) is 2. The first kappa shape index (κ1) is 13.6. The summed E-state index contributed by atoms with van der Waals surface area (Å²) in [6, 6.07) is 4.17. The molecule has 3 nitrogen and oxygen atoms in total. The number of aromatic nitrogens is 1. The molecule has 16 heavy (non-hydrogen) atoms. The zero-order chi connectivity index (χ0) is 9.38. The fourth-order valence-electron chi connectivity index (χ4n) is 2.61. The van der Waals surface area contributed by atoms with Gasteiger partial charge in [0.2, 0.25) is 0 Å². The summed E-state index contributed by atoms with van der Waals surface area (Å²) in [5.41, 5.74) is 1.28. The van der Waals surface area contributed by atoms with Crippen LogP contribution in [-0.2, 0) is 0 Å². The van der Waals surface area contributed by atoms with Crippen LogP contribution < -0.4 is 10.2 Å². The predicted octanol–water partition coefficient (Wildman–Crippen LogP) is 1.58. The molecule has 1 aromatic rings. The van der Waals surface area contributed by atoms with E-state index in [-0.39, 0.29) is 24.8 Å². The van der Waals surface area contributed by atoms with Crippen LogP contribution in [0.4, 0.5) is 5.69 Å². The van der Waals surface area contributed by atoms with E-state index in [2.05, 4.69) is 21.3 Å². The van der Waals surface area contributed by atoms with Crippen molar-refractivity contribution in [1.82, 2.24) is 10.3 Å². The van der Waals surface area contributed by atoms with E-state index >= 15 is 0 Å². The van der Waals surface area contributed by atoms with E-state index in [1.807, 2.05) is 18.5 Å². The minimum absolute atomic E-state index is 0. The molecule has 0 amide bonds. The molecule has 5 heteroatoms. The molecule has 3 rings (SSSR count). The summed E-state index contributed by atoms with van der Waals surface area (Å²) in [7, 11) is 0. The molecule has 1 aromatic heterocycles. The lowest BCUT2D eigenvalue weighted by Gasteiger charge is -2.18. The number of halogens is 2. The van der Waals surface area contributed by atoms with Crippen molar-refractivity contribution in [3.8, 4) is 0 Å². The first-order valence-electron chi connectivity index (χ1n) is 5.29. The van der Waals surface area contributed by atoms with Gasteiger partial charge < -0.3 is 10.2 Å². The summed E-state index contributed by atoms with van der Waals surface area (Å²) in [4.78, 5) is 6.63. The molecular formula is C11H17Cl2N3. The lowest BCUT2D eigenvalue weighted by molar-refractivity contribution is 0.533. The van der Waals surface area contributed by atoms with Gasteiger partial charge in [0.1, 0.15) is 0 Å². The Morgan fingerprint density at radius 2 is 1.88 bits per heavy atom. The Balaban J connectivity index is 0.000000640. The van der Waals surface area contributed by atoms with Gasteiger partial charge in [0.25, 0.3) is 0 Å². The topological polar surface area (TPSA) is 28.2 Å². The molecule has 0 spiro atoms. The molecule has 2 aliphatic heterocycles. The molecule has 2 fully saturated rings. The number of hydrogen-bond acceptors (Lipinski definition) is 3. The minimum Gasteiger partial charge on any atom is -0.370 e. The number of hydrogen-bond donors (Lipinski definition) is 1. The summed E-state index contributed by atoms with van der Waals surface area (Å²) in [5.74, 6) is 1.71. The fraction of sp³-hybridized carbons (Fsp3) is 0.545. The standard InChI is InChI=1S/C11H15N3.2ClH/c1-2-11(6-12-3-1)14-7-9-4-13-5-10(9)8-14;;/h1-3,6,9-10,13H,4-5,7-8H2;2*1H. The van der Waals surface area contributed by atoms with Gasteiger partial charge in [-0.05, 0) is 24.0 Å². The molecule has 3 heterocycles. The van der Waals surface area contributed by atoms with Gasteiger partial charge in [-0.3, -0.25) is 4.98 Å². The fourth-order valence-corrected chi connectivity index (χ4v) is 2.61. The Kier molecular flexibility index (Phi) is 4.84. The third-order valence-electron chi connectivity index (χ3n) is 3.40. The van der Waals surface area contributed by atoms with Gasteiger partial charge in [-0.2, -0.15) is 0 Å². The largest absolute Gasteiger partial charge is 0.370 e. The van der Waals surface area contributed by atoms with Crippen molar-refractivity contribution < 1.29 is 0 Å². The predicted molar refractivity (Wildman–Crippen MR) is 70.8 cm³/mol. The minimum atomic E-state index is 0. The van der Waals surface area contributed by atoms with Crippen molar-refractivity contribution in [2.24, 2.45) is 11.8 Å². The molecule has 90 valence electrons. The summed E-state index contributed by atoms with van der Waals surface area (Å²) in [6.45, 7) is 4.79. The lowest BCUT2D eigenvalue weighted by Crippen LogP contribution is -2.25. The van der Waals surface area contributed by atoms with Crippen molar-refractivity contribution in [2.45, 2.75) is 0 Å². The van der Waals surface area contributed by atoms with Gasteiger partial charge in [-0.1, -0.05) is 0 Å². The van der Waals surface area contributed by atoms with Crippen LogP contribution in [0.2, 0.25) is 0 Å². The van der Waals surface area contributed by atoms with Gasteiger partial charge in [0, 0.05) is 32.4 Å². The second-order valence-corrected chi connectivity index (χ2v) is 4.29. The molecule has 2 aliphatic rings. The third kappa shape index (κ3) is 2.42. The van der Waals surface area contributed by atoms with Crippen molar-refractivity contribution in [3.05, 3.63) is 24.5 Å². The first-order chi connectivity index (χ1) is 6.93. The van der Waals surface area contributed by atoms with Crippen LogP contribution in [0.3, 0.4) is 0 Å². The maximum Gasteiger partial charge on any atom is 0.0552 e. The molecule has 0 saturated carbocycles. The molecule has 0 bridgehead atoms. The van der Waals surface area contributed by atoms with Crippen LogP contribution >= 0.6 is 24.8 Å². The maximum atomic E-state index is 4.17. The summed E-state index contributed by atoms with van der Waals surface area (Å²) < 4.78 is 0. The van der Waals surface area contributed by atoms with Gasteiger partial charge in [0.15, 0.2) is 0 Å². The van der Waals surface area contributed by atoms with E-state index < -0.39 is 0 Å². The van der Waals surface area contributed by atoms with Crippen LogP contribution in [0.1, 0.15) is 0 Å². The van der Waals surface area contributed by atoms with Crippen LogP contribution in [0, 0.1) is 11.8 Å². The van der Waals surface area contributed by atoms with Crippen LogP contribution in [0.25, 0.3) is 0 Å². The highest BCUT2D eigenvalue weighted by Crippen LogP contribution is 2.29. The Bertz CT molecular complexity index is 308. The van der Waals surface area contributed by atoms with E-state index in [0.717, 1.165) is 11.8 Å². The second kappa shape index (κ2) is 5.71. The number of anilines is 1. The monoisotopic (exact) mass is 261 g/mol. The SMILES string of the molecule is Cl.Cl.c1cncc(N2CC3CNCC3C2)c1. The number of fused-ring (bicyclic) bond motifs is 1. The van der Waals surface area contributed by atoms with E-state index in [4.69, 9.17) is 0 Å². The number of nitrogens with one attached hydrogen (secondary N) is 1. The molecule has 0 aliphatic carbocycles. The van der Waals surface area contributed by atoms with Gasteiger partial charge in [-0.25, -0.2) is 0 Å². The molecule has 2 atom stereocenters. The number of rotatable bonds is 1. The lowest BCUT2D eigenvalue weighted by atomic mass is 10.0. The van der Waals surface area contributed by atoms with E-state index in [0.29, 0.717) is 0 Å². The molecule has 2 unspecified atom stereocenters. The van der Waals surface area contributed by atoms with Gasteiger partial charge >= 0.3 is 0 Å². The zero-order valence-corrected chi connectivity index (χ0v) is 10.6. The average Bonchev–Trinajstić information content (AvgIpc) is 2.78. The molecule has 0 aromatic carbocycles.